The number of nitrogens with zero attached hydrogens (tertiary/aromatic N) is 1. The maximum absolute atomic E-state index is 12.5. The summed E-state index contributed by atoms with van der Waals surface area (Å²) in [6.07, 6.45) is 4.74. The molecule has 1 saturated heterocycles. The Morgan fingerprint density at radius 3 is 2.64 bits per heavy atom. The number of rotatable bonds is 5. The summed E-state index contributed by atoms with van der Waals surface area (Å²) >= 11 is 7.70. The van der Waals surface area contributed by atoms with Crippen molar-refractivity contribution in [1.29, 1.82) is 0 Å². The molecule has 1 heterocycles. The molecule has 122 valence electrons. The Morgan fingerprint density at radius 1 is 1.32 bits per heavy atom. The molecule has 0 N–H and O–H groups in total. The van der Waals surface area contributed by atoms with Crippen molar-refractivity contribution in [3.8, 4) is 5.75 Å². The summed E-state index contributed by atoms with van der Waals surface area (Å²) in [4.78, 5) is 14.6. The predicted octanol–water partition coefficient (Wildman–Crippen LogP) is 4.37. The van der Waals surface area contributed by atoms with E-state index in [-0.39, 0.29) is 11.2 Å². The van der Waals surface area contributed by atoms with Crippen LogP contribution in [-0.2, 0) is 10.5 Å². The van der Waals surface area contributed by atoms with E-state index >= 15 is 0 Å². The van der Waals surface area contributed by atoms with Crippen LogP contribution in [-0.4, -0.2) is 36.3 Å². The predicted molar refractivity (Wildman–Crippen MR) is 93.8 cm³/mol. The third-order valence-electron chi connectivity index (χ3n) is 4.00. The average Bonchev–Trinajstić information content (AvgIpc) is 2.81. The molecule has 0 bridgehead atoms. The van der Waals surface area contributed by atoms with E-state index in [2.05, 4.69) is 0 Å². The molecule has 0 aliphatic carbocycles. The quantitative estimate of drug-likeness (QED) is 0.796. The third-order valence-corrected chi connectivity index (χ3v) is 5.41. The van der Waals surface area contributed by atoms with Crippen molar-refractivity contribution in [2.24, 2.45) is 0 Å². The Kier molecular flexibility index (Phi) is 6.90. The molecule has 2 rings (SSSR count). The van der Waals surface area contributed by atoms with Crippen LogP contribution in [0.1, 0.15) is 38.2 Å². The fourth-order valence-electron chi connectivity index (χ4n) is 2.69. The highest BCUT2D eigenvalue weighted by molar-refractivity contribution is 7.99. The zero-order chi connectivity index (χ0) is 15.9. The number of halogens is 1. The number of amides is 1. The van der Waals surface area contributed by atoms with Gasteiger partial charge in [0, 0.05) is 29.4 Å². The van der Waals surface area contributed by atoms with Crippen LogP contribution in [0, 0.1) is 0 Å². The van der Waals surface area contributed by atoms with Gasteiger partial charge in [-0.05, 0) is 38.0 Å². The molecule has 0 radical (unpaired) electrons. The van der Waals surface area contributed by atoms with Gasteiger partial charge < -0.3 is 9.64 Å². The molecule has 1 aromatic carbocycles. The lowest BCUT2D eigenvalue weighted by Gasteiger charge is -2.24. The number of likely N-dealkylation sites (tertiary alicyclic amines) is 1. The number of carbonyl (C=O) groups is 1. The zero-order valence-electron chi connectivity index (χ0n) is 13.3. The summed E-state index contributed by atoms with van der Waals surface area (Å²) in [7, 11) is 1.66. The van der Waals surface area contributed by atoms with Crippen LogP contribution in [0.5, 0.6) is 5.75 Å². The zero-order valence-corrected chi connectivity index (χ0v) is 14.9. The van der Waals surface area contributed by atoms with E-state index in [1.54, 1.807) is 18.9 Å². The maximum atomic E-state index is 12.5. The summed E-state index contributed by atoms with van der Waals surface area (Å²) in [6.45, 7) is 3.81. The first-order valence-corrected chi connectivity index (χ1v) is 9.27. The first kappa shape index (κ1) is 17.5. The molecule has 0 spiro atoms. The van der Waals surface area contributed by atoms with Crippen molar-refractivity contribution < 1.29 is 9.53 Å². The number of carbonyl (C=O) groups excluding carboxylic acids is 1. The molecule has 1 atom stereocenters. The molecular weight excluding hydrogens is 318 g/mol. The number of hydrogen-bond acceptors (Lipinski definition) is 3. The number of hydrogen-bond donors (Lipinski definition) is 0. The number of thioether (sulfide) groups is 1. The summed E-state index contributed by atoms with van der Waals surface area (Å²) in [5, 5.41) is 0.657. The molecule has 1 amide bonds. The summed E-state index contributed by atoms with van der Waals surface area (Å²) in [5.74, 6) is 1.81. The van der Waals surface area contributed by atoms with Crippen molar-refractivity contribution >= 4 is 29.3 Å². The van der Waals surface area contributed by atoms with Crippen LogP contribution in [0.2, 0.25) is 5.02 Å². The topological polar surface area (TPSA) is 29.5 Å². The van der Waals surface area contributed by atoms with Gasteiger partial charge in [0.25, 0.3) is 0 Å². The van der Waals surface area contributed by atoms with E-state index < -0.39 is 0 Å². The summed E-state index contributed by atoms with van der Waals surface area (Å²) in [5.41, 5.74) is 1.04. The summed E-state index contributed by atoms with van der Waals surface area (Å²) in [6, 6.07) is 5.61. The van der Waals surface area contributed by atoms with E-state index in [9.17, 15) is 4.79 Å². The molecule has 0 saturated carbocycles. The minimum absolute atomic E-state index is 0.0400. The SMILES string of the molecule is COc1ccc(Cl)cc1CSC(C)C(=O)N1CCCCCC1. The Bertz CT molecular complexity index is 501. The lowest BCUT2D eigenvalue weighted by atomic mass is 10.2. The standard InChI is InChI=1S/C17H24ClNO2S/c1-13(17(20)19-9-5-3-4-6-10-19)22-12-14-11-15(18)7-8-16(14)21-2/h7-8,11,13H,3-6,9-10,12H2,1-2H3. The molecule has 1 aliphatic rings. The van der Waals surface area contributed by atoms with Crippen LogP contribution in [0.25, 0.3) is 0 Å². The minimum atomic E-state index is -0.0400. The highest BCUT2D eigenvalue weighted by atomic mass is 35.5. The lowest BCUT2D eigenvalue weighted by Crippen LogP contribution is -2.37. The maximum Gasteiger partial charge on any atom is 0.235 e. The number of benzene rings is 1. The second kappa shape index (κ2) is 8.68. The van der Waals surface area contributed by atoms with E-state index in [4.69, 9.17) is 16.3 Å². The van der Waals surface area contributed by atoms with Gasteiger partial charge >= 0.3 is 0 Å². The fourth-order valence-corrected chi connectivity index (χ4v) is 3.84. The molecule has 1 aliphatic heterocycles. The van der Waals surface area contributed by atoms with Crippen molar-refractivity contribution in [2.45, 2.75) is 43.6 Å². The van der Waals surface area contributed by atoms with Crippen molar-refractivity contribution in [3.63, 3.8) is 0 Å². The largest absolute Gasteiger partial charge is 0.496 e. The molecule has 1 aromatic rings. The molecule has 5 heteroatoms. The van der Waals surface area contributed by atoms with Crippen LogP contribution in [0.3, 0.4) is 0 Å². The second-order valence-corrected chi connectivity index (χ2v) is 7.41. The minimum Gasteiger partial charge on any atom is -0.496 e. The van der Waals surface area contributed by atoms with Gasteiger partial charge in [-0.25, -0.2) is 0 Å². The Hall–Kier alpha value is -0.870. The molecule has 1 fully saturated rings. The van der Waals surface area contributed by atoms with Crippen LogP contribution >= 0.6 is 23.4 Å². The molecule has 22 heavy (non-hydrogen) atoms. The third kappa shape index (κ3) is 4.82. The Morgan fingerprint density at radius 2 is 2.00 bits per heavy atom. The molecule has 0 aromatic heterocycles. The van der Waals surface area contributed by atoms with Gasteiger partial charge in [0.15, 0.2) is 0 Å². The summed E-state index contributed by atoms with van der Waals surface area (Å²) < 4.78 is 5.36. The van der Waals surface area contributed by atoms with Gasteiger partial charge in [-0.15, -0.1) is 11.8 Å². The van der Waals surface area contributed by atoms with Gasteiger partial charge in [0.05, 0.1) is 12.4 Å². The number of ether oxygens (including phenoxy) is 1. The lowest BCUT2D eigenvalue weighted by molar-refractivity contribution is -0.130. The van der Waals surface area contributed by atoms with E-state index in [0.717, 1.165) is 43.0 Å². The van der Waals surface area contributed by atoms with E-state index in [1.807, 2.05) is 30.0 Å². The smallest absolute Gasteiger partial charge is 0.235 e. The molecular formula is C17H24ClNO2S. The fraction of sp³-hybridized carbons (Fsp3) is 0.588. The Balaban J connectivity index is 1.92. The van der Waals surface area contributed by atoms with Gasteiger partial charge in [-0.1, -0.05) is 24.4 Å². The van der Waals surface area contributed by atoms with Gasteiger partial charge in [-0.2, -0.15) is 0 Å². The van der Waals surface area contributed by atoms with Crippen LogP contribution < -0.4 is 4.74 Å². The van der Waals surface area contributed by atoms with E-state index in [1.165, 1.54) is 12.8 Å². The first-order valence-electron chi connectivity index (χ1n) is 7.84. The molecule has 3 nitrogen and oxygen atoms in total. The van der Waals surface area contributed by atoms with Gasteiger partial charge in [0.2, 0.25) is 5.91 Å². The highest BCUT2D eigenvalue weighted by Crippen LogP contribution is 2.29. The molecule has 1 unspecified atom stereocenters. The highest BCUT2D eigenvalue weighted by Gasteiger charge is 2.22. The van der Waals surface area contributed by atoms with Crippen molar-refractivity contribution in [3.05, 3.63) is 28.8 Å². The van der Waals surface area contributed by atoms with Crippen molar-refractivity contribution in [2.75, 3.05) is 20.2 Å². The second-order valence-electron chi connectivity index (χ2n) is 5.65. The Labute approximate surface area is 142 Å². The van der Waals surface area contributed by atoms with Crippen molar-refractivity contribution in [1.82, 2.24) is 4.90 Å². The normalized spacial score (nSPS) is 17.0. The average molecular weight is 342 g/mol. The first-order chi connectivity index (χ1) is 10.6. The van der Waals surface area contributed by atoms with Gasteiger partial charge in [0.1, 0.15) is 5.75 Å². The number of methoxy groups -OCH3 is 1. The van der Waals surface area contributed by atoms with Crippen LogP contribution in [0.4, 0.5) is 0 Å². The van der Waals surface area contributed by atoms with Crippen LogP contribution in [0.15, 0.2) is 18.2 Å². The van der Waals surface area contributed by atoms with Gasteiger partial charge in [-0.3, -0.25) is 4.79 Å². The van der Waals surface area contributed by atoms with E-state index in [0.29, 0.717) is 5.02 Å². The monoisotopic (exact) mass is 341 g/mol.